The Morgan fingerprint density at radius 1 is 0.946 bits per heavy atom. The van der Waals surface area contributed by atoms with Gasteiger partial charge in [-0.1, -0.05) is 108 Å². The fraction of sp³-hybridized carbons (Fsp3) is 0.491. The van der Waals surface area contributed by atoms with E-state index in [0.29, 0.717) is 38.9 Å². The second-order valence-electron chi connectivity index (χ2n) is 23.2. The number of anilines is 2. The molecule has 2 aromatic carbocycles. The van der Waals surface area contributed by atoms with Crippen molar-refractivity contribution in [2.75, 3.05) is 55.4 Å². The molecule has 0 spiro atoms. The molecule has 3 aliphatic heterocycles. The average Bonchev–Trinajstić information content (AvgIpc) is 1.60. The number of phosphoric ester groups is 1. The van der Waals surface area contributed by atoms with Gasteiger partial charge in [0.15, 0.2) is 11.4 Å². The summed E-state index contributed by atoms with van der Waals surface area (Å²) in [5, 5.41) is 3.09. The van der Waals surface area contributed by atoms with E-state index in [1.165, 1.54) is 78.2 Å². The van der Waals surface area contributed by atoms with Crippen molar-refractivity contribution in [2.24, 2.45) is 0 Å². The highest BCUT2D eigenvalue weighted by Crippen LogP contribution is 2.66. The van der Waals surface area contributed by atoms with Crippen LogP contribution in [-0.4, -0.2) is 143 Å². The van der Waals surface area contributed by atoms with Crippen molar-refractivity contribution in [1.82, 2.24) is 19.9 Å². The SMILES string of the molecule is CCN1/C(=C/C=C/C=C/C2=[N+](CCCCCC(=O)NCC(C)(C)SSCOCC#Cc3cn([C@H]4CC(OCSSC(C)(C)C)[C@@H](COP(=O)(O)OP(=O)(O)OP(=O)(O)O)O4)c4nc(N)[nH]c(=O)c34)c3ccc(S(=O)(=O)O)cc3C2)C(C)(C)c2cc(S(=O)(=O)O)ccc21. The van der Waals surface area contributed by atoms with Crippen LogP contribution in [0.2, 0.25) is 0 Å². The fourth-order valence-corrected chi connectivity index (χ4v) is 18.3. The molecule has 1 saturated heterocycles. The summed E-state index contributed by atoms with van der Waals surface area (Å²) in [6.45, 7) is 16.7. The predicted octanol–water partition coefficient (Wildman–Crippen LogP) is 9.27. The Hall–Kier alpha value is -4.11. The summed E-state index contributed by atoms with van der Waals surface area (Å²) in [5.41, 5.74) is 10.1. The number of carbonyl (C=O) groups excluding carboxylic acids is 1. The van der Waals surface area contributed by atoms with E-state index in [2.05, 4.69) is 45.2 Å². The highest BCUT2D eigenvalue weighted by atomic mass is 33.1. The van der Waals surface area contributed by atoms with Crippen LogP contribution in [0.1, 0.15) is 110 Å². The fourth-order valence-electron chi connectivity index (χ4n) is 10.1. The van der Waals surface area contributed by atoms with Gasteiger partial charge in [0.2, 0.25) is 17.5 Å². The van der Waals surface area contributed by atoms with Crippen LogP contribution in [-0.2, 0) is 77.9 Å². The molecule has 10 N–H and O–H groups in total. The Kier molecular flexibility index (Phi) is 25.3. The first-order valence-electron chi connectivity index (χ1n) is 28.4. The smallest absolute Gasteiger partial charge is 0.369 e. The number of aromatic amines is 1. The van der Waals surface area contributed by atoms with Gasteiger partial charge in [0.05, 0.1) is 39.9 Å². The number of nitrogens with two attached hydrogens (primary N) is 1. The summed E-state index contributed by atoms with van der Waals surface area (Å²) in [5.74, 6) is 5.84. The van der Waals surface area contributed by atoms with Crippen LogP contribution in [0.4, 0.5) is 17.3 Å². The Morgan fingerprint density at radius 3 is 2.33 bits per heavy atom. The highest BCUT2D eigenvalue weighted by Gasteiger charge is 2.45. The van der Waals surface area contributed by atoms with Crippen LogP contribution in [0.25, 0.3) is 11.0 Å². The Labute approximate surface area is 549 Å². The molecular weight excluding hydrogens is 1380 g/mol. The number of fused-ring (bicyclic) bond motifs is 3. The van der Waals surface area contributed by atoms with Crippen LogP contribution in [0.3, 0.4) is 0 Å². The molecular formula is C55H75N7O21P3S6+. The van der Waals surface area contributed by atoms with Gasteiger partial charge >= 0.3 is 23.5 Å². The maximum atomic E-state index is 13.3. The summed E-state index contributed by atoms with van der Waals surface area (Å²) >= 11 is 0. The van der Waals surface area contributed by atoms with Crippen molar-refractivity contribution < 1.29 is 95.9 Å². The third-order valence-corrected chi connectivity index (χ3v) is 25.5. The molecule has 37 heteroatoms. The number of allylic oxidation sites excluding steroid dienone is 6. The first kappa shape index (κ1) is 75.3. The topological polar surface area (TPSA) is 408 Å². The van der Waals surface area contributed by atoms with E-state index in [0.717, 1.165) is 46.8 Å². The highest BCUT2D eigenvalue weighted by molar-refractivity contribution is 8.77. The zero-order valence-corrected chi connectivity index (χ0v) is 58.9. The van der Waals surface area contributed by atoms with E-state index in [1.54, 1.807) is 12.1 Å². The minimum Gasteiger partial charge on any atom is -0.369 e. The number of hydrogen-bond acceptors (Lipinski definition) is 22. The Balaban J connectivity index is 0.885. The van der Waals surface area contributed by atoms with Gasteiger partial charge in [-0.15, -0.1) is 0 Å². The molecule has 506 valence electrons. The minimum absolute atomic E-state index is 0.0474. The Bertz CT molecular complexity index is 4040. The second-order valence-corrected chi connectivity index (χ2v) is 36.5. The van der Waals surface area contributed by atoms with Crippen LogP contribution >= 0.6 is 66.6 Å². The summed E-state index contributed by atoms with van der Waals surface area (Å²) in [4.78, 5) is 72.5. The van der Waals surface area contributed by atoms with Crippen LogP contribution in [0, 0.1) is 11.8 Å². The third-order valence-electron chi connectivity index (χ3n) is 14.1. The van der Waals surface area contributed by atoms with Gasteiger partial charge in [0.1, 0.15) is 37.4 Å². The number of unbranched alkanes of at least 4 members (excludes halogenated alkanes) is 2. The lowest BCUT2D eigenvalue weighted by Gasteiger charge is -2.25. The van der Waals surface area contributed by atoms with E-state index in [4.69, 9.17) is 34.3 Å². The molecule has 1 fully saturated rings. The predicted molar refractivity (Wildman–Crippen MR) is 355 cm³/mol. The number of rotatable bonds is 31. The van der Waals surface area contributed by atoms with Gasteiger partial charge in [-0.05, 0) is 75.6 Å². The summed E-state index contributed by atoms with van der Waals surface area (Å²) < 4.78 is 137. The molecule has 4 aromatic rings. The first-order valence-corrected chi connectivity index (χ1v) is 40.4. The van der Waals surface area contributed by atoms with Gasteiger partial charge in [-0.3, -0.25) is 28.2 Å². The molecule has 7 rings (SSSR count). The number of benzene rings is 2. The van der Waals surface area contributed by atoms with Crippen molar-refractivity contribution in [3.8, 4) is 11.8 Å². The number of amides is 1. The first-order chi connectivity index (χ1) is 42.8. The largest absolute Gasteiger partial charge is 0.490 e. The molecule has 0 saturated carbocycles. The lowest BCUT2D eigenvalue weighted by Crippen LogP contribution is -2.35. The molecule has 0 aliphatic carbocycles. The van der Waals surface area contributed by atoms with Crippen LogP contribution in [0.5, 0.6) is 0 Å². The quantitative estimate of drug-likeness (QED) is 0.00331. The van der Waals surface area contributed by atoms with E-state index in [-0.39, 0.29) is 67.9 Å². The number of carbonyl (C=O) groups is 1. The molecule has 5 heterocycles. The van der Waals surface area contributed by atoms with Crippen molar-refractivity contribution in [1.29, 1.82) is 0 Å². The van der Waals surface area contributed by atoms with Crippen molar-refractivity contribution in [3.05, 3.63) is 106 Å². The number of H-pyrrole nitrogens is 1. The van der Waals surface area contributed by atoms with E-state index < -0.39 is 84.5 Å². The van der Waals surface area contributed by atoms with Gasteiger partial charge in [0.25, 0.3) is 25.8 Å². The maximum Gasteiger partial charge on any atom is 0.490 e. The molecule has 92 heavy (non-hydrogen) atoms. The number of aromatic nitrogens is 3. The third kappa shape index (κ3) is 21.2. The monoisotopic (exact) mass is 1450 g/mol. The van der Waals surface area contributed by atoms with Crippen molar-refractivity contribution >= 4 is 127 Å². The molecule has 28 nitrogen and oxygen atoms in total. The number of phosphoric acid groups is 3. The molecule has 0 bridgehead atoms. The maximum absolute atomic E-state index is 13.3. The van der Waals surface area contributed by atoms with Gasteiger partial charge in [-0.25, -0.2) is 13.7 Å². The van der Waals surface area contributed by atoms with Crippen LogP contribution < -0.4 is 21.5 Å². The second kappa shape index (κ2) is 31.0. The van der Waals surface area contributed by atoms with Gasteiger partial charge in [-0.2, -0.15) is 35.0 Å². The molecule has 3 unspecified atom stereocenters. The molecule has 2 aromatic heterocycles. The molecule has 5 atom stereocenters. The molecule has 3 aliphatic rings. The van der Waals surface area contributed by atoms with Crippen molar-refractivity contribution in [2.45, 2.75) is 137 Å². The zero-order valence-electron chi connectivity index (χ0n) is 51.3. The lowest BCUT2D eigenvalue weighted by molar-refractivity contribution is -0.437. The number of likely N-dealkylation sites (N-methyl/N-ethyl adjacent to an activating group) is 1. The van der Waals surface area contributed by atoms with E-state index in [1.807, 2.05) is 85.8 Å². The molecule has 0 radical (unpaired) electrons. The summed E-state index contributed by atoms with van der Waals surface area (Å²) in [6, 6.07) is 9.13. The van der Waals surface area contributed by atoms with Crippen molar-refractivity contribution in [3.63, 3.8) is 0 Å². The standard InChI is InChI=1S/C55H74N7O21P3S6/c1-9-60-43-24-22-40(92(75,76)77)29-41(43)55(7,8)46(60)19-13-10-12-18-38-27-37-28-39(91(72,73)74)21-23-42(37)61(38)25-15-11-14-20-47(63)57-33-54(5,6)90-87-34-78-26-16-17-36-31-62(50-49(36)51(64)59-52(56)58-50)48-30-44(79-35-88-89-53(2,3)4)45(81-48)32-80-85(68,69)83-86(70,71)82-84(65,66)67/h10,12-13,18-19,21-24,28-29,31,44-45,48H,9,11,14-15,20,25-27,30,32-35H2,1-8H3,(H9-,56,57,58,59,63,64,65,66,67,68,69,70,71,72,73,74,75,76,77)/p+1/t44?,45-,48-/m1/s1. The van der Waals surface area contributed by atoms with Gasteiger partial charge in [0, 0.05) is 82.5 Å². The normalized spacial score (nSPS) is 19.7. The van der Waals surface area contributed by atoms with E-state index in [9.17, 15) is 59.0 Å². The number of nitrogens with one attached hydrogen (secondary N) is 2. The Morgan fingerprint density at radius 2 is 1.64 bits per heavy atom. The molecule has 1 amide bonds. The summed E-state index contributed by atoms with van der Waals surface area (Å²) in [7, 11) is -20.0. The van der Waals surface area contributed by atoms with Gasteiger partial charge < -0.3 is 54.3 Å². The summed E-state index contributed by atoms with van der Waals surface area (Å²) in [6.07, 6.45) is 10.9. The van der Waals surface area contributed by atoms with Crippen LogP contribution in [0.15, 0.2) is 93.3 Å². The zero-order chi connectivity index (χ0) is 67.8. The average molecular weight is 1460 g/mol. The lowest BCUT2D eigenvalue weighted by atomic mass is 9.83. The number of nitrogens with zero attached hydrogens (tertiary/aromatic N) is 4. The number of nitrogen functional groups attached to an aromatic ring is 1. The number of ether oxygens (including phenoxy) is 3. The minimum atomic E-state index is -5.80. The number of hydrogen-bond donors (Lipinski definition) is 9. The van der Waals surface area contributed by atoms with E-state index >= 15 is 0 Å².